The van der Waals surface area contributed by atoms with Gasteiger partial charge in [-0.25, -0.2) is 0 Å². The van der Waals surface area contributed by atoms with Gasteiger partial charge in [0.05, 0.1) is 18.2 Å². The molecule has 0 radical (unpaired) electrons. The van der Waals surface area contributed by atoms with Crippen LogP contribution in [0, 0.1) is 12.8 Å². The van der Waals surface area contributed by atoms with Crippen LogP contribution < -0.4 is 0 Å². The number of pyridine rings is 1. The molecule has 1 saturated heterocycles. The SMILES string of the molecule is Cc1ccc(-c2nnc(CN3C[C@@H](Cc4ccnc5ccccc45)[C@H](O)C3)o2)n1C. The molecule has 0 unspecified atom stereocenters. The summed E-state index contributed by atoms with van der Waals surface area (Å²) in [6, 6.07) is 14.2. The zero-order valence-corrected chi connectivity index (χ0v) is 17.2. The van der Waals surface area contributed by atoms with Gasteiger partial charge in [0.25, 0.3) is 5.89 Å². The summed E-state index contributed by atoms with van der Waals surface area (Å²) in [7, 11) is 1.98. The molecule has 5 rings (SSSR count). The van der Waals surface area contributed by atoms with Gasteiger partial charge in [-0.2, -0.15) is 0 Å². The lowest BCUT2D eigenvalue weighted by Crippen LogP contribution is -2.21. The van der Waals surface area contributed by atoms with E-state index in [-0.39, 0.29) is 12.0 Å². The van der Waals surface area contributed by atoms with E-state index >= 15 is 0 Å². The Morgan fingerprint density at radius 2 is 1.97 bits per heavy atom. The van der Waals surface area contributed by atoms with Crippen LogP contribution in [-0.2, 0) is 20.0 Å². The second kappa shape index (κ2) is 7.66. The van der Waals surface area contributed by atoms with Crippen LogP contribution in [0.15, 0.2) is 53.1 Å². The first kappa shape index (κ1) is 19.0. The molecule has 1 aromatic carbocycles. The summed E-state index contributed by atoms with van der Waals surface area (Å²) < 4.78 is 7.93. The van der Waals surface area contributed by atoms with E-state index in [1.54, 1.807) is 0 Å². The predicted molar refractivity (Wildman–Crippen MR) is 114 cm³/mol. The summed E-state index contributed by atoms with van der Waals surface area (Å²) in [4.78, 5) is 6.63. The summed E-state index contributed by atoms with van der Waals surface area (Å²) >= 11 is 0. The van der Waals surface area contributed by atoms with E-state index in [2.05, 4.69) is 32.2 Å². The Bertz CT molecular complexity index is 1180. The Hall–Kier alpha value is -3.03. The van der Waals surface area contributed by atoms with Gasteiger partial charge in [-0.3, -0.25) is 9.88 Å². The van der Waals surface area contributed by atoms with Crippen LogP contribution in [0.2, 0.25) is 0 Å². The van der Waals surface area contributed by atoms with E-state index in [0.717, 1.165) is 35.3 Å². The number of β-amino-alcohol motifs (C(OH)–C–C–N with tert-alkyl or cyclic N) is 1. The lowest BCUT2D eigenvalue weighted by molar-refractivity contribution is 0.140. The van der Waals surface area contributed by atoms with Crippen molar-refractivity contribution in [2.24, 2.45) is 13.0 Å². The number of aromatic nitrogens is 4. The number of hydrogen-bond acceptors (Lipinski definition) is 6. The lowest BCUT2D eigenvalue weighted by atomic mass is 9.94. The Labute approximate surface area is 175 Å². The number of rotatable bonds is 5. The van der Waals surface area contributed by atoms with Crippen LogP contribution >= 0.6 is 0 Å². The number of aliphatic hydroxyl groups excluding tert-OH is 1. The maximum absolute atomic E-state index is 10.7. The minimum Gasteiger partial charge on any atom is -0.418 e. The zero-order valence-electron chi connectivity index (χ0n) is 17.2. The van der Waals surface area contributed by atoms with Crippen molar-refractivity contribution in [3.05, 3.63) is 65.8 Å². The van der Waals surface area contributed by atoms with Crippen LogP contribution in [0.5, 0.6) is 0 Å². The molecule has 0 amide bonds. The molecule has 154 valence electrons. The van der Waals surface area contributed by atoms with Crippen molar-refractivity contribution in [1.82, 2.24) is 24.6 Å². The van der Waals surface area contributed by atoms with Gasteiger partial charge in [-0.1, -0.05) is 18.2 Å². The summed E-state index contributed by atoms with van der Waals surface area (Å²) in [5.74, 6) is 1.26. The monoisotopic (exact) mass is 403 g/mol. The van der Waals surface area contributed by atoms with Crippen molar-refractivity contribution in [1.29, 1.82) is 0 Å². The Balaban J connectivity index is 1.28. The highest BCUT2D eigenvalue weighted by Crippen LogP contribution is 2.27. The minimum absolute atomic E-state index is 0.161. The number of para-hydroxylation sites is 1. The molecule has 1 aliphatic rings. The fourth-order valence-corrected chi connectivity index (χ4v) is 4.33. The van der Waals surface area contributed by atoms with Crippen molar-refractivity contribution in [2.45, 2.75) is 26.0 Å². The Kier molecular flexibility index (Phi) is 4.84. The molecular formula is C23H25N5O2. The lowest BCUT2D eigenvalue weighted by Gasteiger charge is -2.15. The number of aryl methyl sites for hydroxylation is 1. The predicted octanol–water partition coefficient (Wildman–Crippen LogP) is 2.97. The summed E-state index contributed by atoms with van der Waals surface area (Å²) in [6.07, 6.45) is 2.29. The van der Waals surface area contributed by atoms with Gasteiger partial charge in [-0.15, -0.1) is 10.2 Å². The standard InChI is InChI=1S/C23H25N5O2/c1-15-7-8-20(27(15)2)23-26-25-22(30-23)14-28-12-17(21(29)13-28)11-16-9-10-24-19-6-4-3-5-18(16)19/h3-10,17,21,29H,11-14H2,1-2H3/t17-,21-/m1/s1. The average molecular weight is 403 g/mol. The van der Waals surface area contributed by atoms with E-state index in [9.17, 15) is 5.11 Å². The third-order valence-corrected chi connectivity index (χ3v) is 6.12. The van der Waals surface area contributed by atoms with Crippen LogP contribution in [-0.4, -0.2) is 48.9 Å². The van der Waals surface area contributed by atoms with E-state index in [1.165, 1.54) is 5.56 Å². The maximum Gasteiger partial charge on any atom is 0.264 e. The van der Waals surface area contributed by atoms with Gasteiger partial charge < -0.3 is 14.1 Å². The van der Waals surface area contributed by atoms with Gasteiger partial charge in [-0.05, 0) is 43.2 Å². The molecule has 30 heavy (non-hydrogen) atoms. The molecule has 1 aliphatic heterocycles. The molecule has 7 nitrogen and oxygen atoms in total. The quantitative estimate of drug-likeness (QED) is 0.552. The van der Waals surface area contributed by atoms with Gasteiger partial charge in [0.2, 0.25) is 5.89 Å². The highest BCUT2D eigenvalue weighted by molar-refractivity contribution is 5.81. The first-order valence-corrected chi connectivity index (χ1v) is 10.3. The normalized spacial score (nSPS) is 19.7. The molecule has 4 heterocycles. The molecule has 0 spiro atoms. The van der Waals surface area contributed by atoms with Crippen LogP contribution in [0.25, 0.3) is 22.5 Å². The number of benzene rings is 1. The first-order valence-electron chi connectivity index (χ1n) is 10.3. The highest BCUT2D eigenvalue weighted by atomic mass is 16.4. The molecule has 3 aromatic heterocycles. The summed E-state index contributed by atoms with van der Waals surface area (Å²) in [5, 5.41) is 20.3. The number of hydrogen-bond donors (Lipinski definition) is 1. The number of likely N-dealkylation sites (tertiary alicyclic amines) is 1. The molecule has 0 saturated carbocycles. The molecule has 1 fully saturated rings. The van der Waals surface area contributed by atoms with Crippen molar-refractivity contribution in [2.75, 3.05) is 13.1 Å². The molecule has 0 aliphatic carbocycles. The van der Waals surface area contributed by atoms with E-state index in [0.29, 0.717) is 24.9 Å². The Morgan fingerprint density at radius 1 is 1.10 bits per heavy atom. The maximum atomic E-state index is 10.7. The molecule has 7 heteroatoms. The van der Waals surface area contributed by atoms with Crippen molar-refractivity contribution < 1.29 is 9.52 Å². The van der Waals surface area contributed by atoms with Gasteiger partial charge in [0.15, 0.2) is 0 Å². The smallest absolute Gasteiger partial charge is 0.264 e. The molecule has 1 N–H and O–H groups in total. The van der Waals surface area contributed by atoms with E-state index < -0.39 is 0 Å². The van der Waals surface area contributed by atoms with Crippen molar-refractivity contribution in [3.63, 3.8) is 0 Å². The summed E-state index contributed by atoms with van der Waals surface area (Å²) in [5.41, 5.74) is 4.27. The fraction of sp³-hybridized carbons (Fsp3) is 0.348. The number of aliphatic hydroxyl groups is 1. The van der Waals surface area contributed by atoms with Crippen LogP contribution in [0.1, 0.15) is 17.1 Å². The molecule has 2 atom stereocenters. The minimum atomic E-state index is -0.380. The first-order chi connectivity index (χ1) is 14.6. The zero-order chi connectivity index (χ0) is 20.7. The van der Waals surface area contributed by atoms with Crippen LogP contribution in [0.4, 0.5) is 0 Å². The molecule has 0 bridgehead atoms. The fourth-order valence-electron chi connectivity index (χ4n) is 4.33. The van der Waals surface area contributed by atoms with E-state index in [1.807, 2.05) is 55.1 Å². The van der Waals surface area contributed by atoms with Gasteiger partial charge >= 0.3 is 0 Å². The average Bonchev–Trinajstić information content (AvgIpc) is 3.43. The van der Waals surface area contributed by atoms with E-state index in [4.69, 9.17) is 4.42 Å². The van der Waals surface area contributed by atoms with Crippen molar-refractivity contribution >= 4 is 10.9 Å². The topological polar surface area (TPSA) is 80.2 Å². The molecular weight excluding hydrogens is 378 g/mol. The molecule has 4 aromatic rings. The third kappa shape index (κ3) is 3.51. The third-order valence-electron chi connectivity index (χ3n) is 6.12. The van der Waals surface area contributed by atoms with Gasteiger partial charge in [0, 0.05) is 43.3 Å². The number of nitrogens with zero attached hydrogens (tertiary/aromatic N) is 5. The second-order valence-corrected chi connectivity index (χ2v) is 8.13. The largest absolute Gasteiger partial charge is 0.418 e. The van der Waals surface area contributed by atoms with Crippen molar-refractivity contribution in [3.8, 4) is 11.6 Å². The Morgan fingerprint density at radius 3 is 2.80 bits per heavy atom. The van der Waals surface area contributed by atoms with Gasteiger partial charge in [0.1, 0.15) is 5.69 Å². The second-order valence-electron chi connectivity index (χ2n) is 8.13. The number of fused-ring (bicyclic) bond motifs is 1. The van der Waals surface area contributed by atoms with Crippen LogP contribution in [0.3, 0.4) is 0 Å². The highest BCUT2D eigenvalue weighted by Gasteiger charge is 2.32. The summed E-state index contributed by atoms with van der Waals surface area (Å²) in [6.45, 7) is 3.98.